The third kappa shape index (κ3) is 10.5. The van der Waals surface area contributed by atoms with Crippen LogP contribution in [0.4, 0.5) is 0 Å². The second-order valence-electron chi connectivity index (χ2n) is 3.43. The minimum atomic E-state index is 0.593. The average molecular weight is 237 g/mol. The molecule has 0 spiro atoms. The first-order valence-corrected chi connectivity index (χ1v) is 6.45. The summed E-state index contributed by atoms with van der Waals surface area (Å²) in [5.41, 5.74) is 0. The fourth-order valence-corrected chi connectivity index (χ4v) is 1.47. The van der Waals surface area contributed by atoms with Crippen molar-refractivity contribution in [1.82, 2.24) is 10.2 Å². The van der Waals surface area contributed by atoms with E-state index in [0.717, 1.165) is 45.8 Å². The summed E-state index contributed by atoms with van der Waals surface area (Å²) >= 11 is 5.48. The van der Waals surface area contributed by atoms with E-state index in [1.165, 1.54) is 0 Å². The smallest absolute Gasteiger partial charge is 0.0601 e. The van der Waals surface area contributed by atoms with Crippen LogP contribution in [0.15, 0.2) is 0 Å². The van der Waals surface area contributed by atoms with Gasteiger partial charge >= 0.3 is 0 Å². The summed E-state index contributed by atoms with van der Waals surface area (Å²) in [4.78, 5) is 2.41. The fourth-order valence-electron chi connectivity index (χ4n) is 1.36. The maximum absolute atomic E-state index is 5.48. The molecule has 0 aromatic rings. The van der Waals surface area contributed by atoms with Crippen molar-refractivity contribution in [2.45, 2.75) is 20.3 Å². The number of ether oxygens (including phenoxy) is 1. The molecule has 0 unspecified atom stereocenters. The molecular formula is C11H25ClN2O. The number of alkyl halides is 1. The molecule has 0 saturated carbocycles. The van der Waals surface area contributed by atoms with Crippen molar-refractivity contribution >= 4 is 11.6 Å². The van der Waals surface area contributed by atoms with Crippen LogP contribution in [0.5, 0.6) is 0 Å². The van der Waals surface area contributed by atoms with E-state index in [9.17, 15) is 0 Å². The first-order valence-electron chi connectivity index (χ1n) is 5.91. The van der Waals surface area contributed by atoms with E-state index < -0.39 is 0 Å². The Morgan fingerprint density at radius 1 is 1.13 bits per heavy atom. The van der Waals surface area contributed by atoms with Gasteiger partial charge in [0, 0.05) is 25.6 Å². The number of nitrogens with zero attached hydrogens (tertiary/aromatic N) is 1. The molecule has 92 valence electrons. The lowest BCUT2D eigenvalue weighted by molar-refractivity contribution is 0.146. The Balaban J connectivity index is 3.04. The van der Waals surface area contributed by atoms with Crippen LogP contribution >= 0.6 is 11.6 Å². The molecule has 0 radical (unpaired) electrons. The zero-order valence-corrected chi connectivity index (χ0v) is 10.9. The Bertz CT molecular complexity index is 121. The monoisotopic (exact) mass is 236 g/mol. The van der Waals surface area contributed by atoms with Crippen LogP contribution in [-0.4, -0.2) is 56.7 Å². The van der Waals surface area contributed by atoms with E-state index >= 15 is 0 Å². The van der Waals surface area contributed by atoms with E-state index in [0.29, 0.717) is 12.5 Å². The maximum atomic E-state index is 5.48. The summed E-state index contributed by atoms with van der Waals surface area (Å²) in [6, 6.07) is 0. The standard InChI is InChI=1S/C11H25ClN2O/c1-3-14(4-2)9-8-13-7-5-10-15-11-6-12/h13H,3-11H2,1-2H3. The van der Waals surface area contributed by atoms with Gasteiger partial charge in [0.2, 0.25) is 0 Å². The van der Waals surface area contributed by atoms with Crippen LogP contribution in [0.1, 0.15) is 20.3 Å². The molecule has 0 aliphatic rings. The number of halogens is 1. The molecule has 0 aliphatic heterocycles. The van der Waals surface area contributed by atoms with Crippen molar-refractivity contribution in [3.8, 4) is 0 Å². The summed E-state index contributed by atoms with van der Waals surface area (Å²) < 4.78 is 5.27. The van der Waals surface area contributed by atoms with Crippen LogP contribution < -0.4 is 5.32 Å². The topological polar surface area (TPSA) is 24.5 Å². The van der Waals surface area contributed by atoms with E-state index in [2.05, 4.69) is 24.1 Å². The molecule has 0 bridgehead atoms. The molecule has 0 amide bonds. The second-order valence-corrected chi connectivity index (χ2v) is 3.81. The van der Waals surface area contributed by atoms with Crippen molar-refractivity contribution in [3.05, 3.63) is 0 Å². The van der Waals surface area contributed by atoms with Crippen LogP contribution in [0, 0.1) is 0 Å². The minimum Gasteiger partial charge on any atom is -0.380 e. The predicted molar refractivity (Wildman–Crippen MR) is 66.8 cm³/mol. The first-order chi connectivity index (χ1) is 7.35. The summed E-state index contributed by atoms with van der Waals surface area (Å²) in [5, 5.41) is 3.41. The molecular weight excluding hydrogens is 212 g/mol. The van der Waals surface area contributed by atoms with Gasteiger partial charge < -0.3 is 15.0 Å². The molecule has 0 heterocycles. The molecule has 15 heavy (non-hydrogen) atoms. The van der Waals surface area contributed by atoms with Crippen LogP contribution in [0.2, 0.25) is 0 Å². The lowest BCUT2D eigenvalue weighted by Gasteiger charge is -2.17. The summed E-state index contributed by atoms with van der Waals surface area (Å²) in [5.74, 6) is 0.593. The highest BCUT2D eigenvalue weighted by Crippen LogP contribution is 1.85. The molecule has 0 saturated heterocycles. The zero-order valence-electron chi connectivity index (χ0n) is 10.1. The van der Waals surface area contributed by atoms with Crippen molar-refractivity contribution < 1.29 is 4.74 Å². The van der Waals surface area contributed by atoms with Gasteiger partial charge in [-0.05, 0) is 26.1 Å². The van der Waals surface area contributed by atoms with E-state index in [1.807, 2.05) is 0 Å². The van der Waals surface area contributed by atoms with Crippen molar-refractivity contribution in [2.75, 3.05) is 51.8 Å². The molecule has 1 N–H and O–H groups in total. The number of nitrogens with one attached hydrogen (secondary N) is 1. The maximum Gasteiger partial charge on any atom is 0.0601 e. The van der Waals surface area contributed by atoms with Crippen molar-refractivity contribution in [2.24, 2.45) is 0 Å². The molecule has 3 nitrogen and oxygen atoms in total. The summed E-state index contributed by atoms with van der Waals surface area (Å²) in [6.45, 7) is 11.4. The van der Waals surface area contributed by atoms with Gasteiger partial charge in [-0.15, -0.1) is 11.6 Å². The van der Waals surface area contributed by atoms with Crippen LogP contribution in [0.3, 0.4) is 0 Å². The molecule has 0 aromatic carbocycles. The average Bonchev–Trinajstić information content (AvgIpc) is 2.27. The first kappa shape index (κ1) is 15.2. The number of likely N-dealkylation sites (N-methyl/N-ethyl adjacent to an activating group) is 1. The number of rotatable bonds is 11. The van der Waals surface area contributed by atoms with Crippen LogP contribution in [-0.2, 0) is 4.74 Å². The fraction of sp³-hybridized carbons (Fsp3) is 1.00. The molecule has 0 aromatic heterocycles. The Morgan fingerprint density at radius 2 is 1.87 bits per heavy atom. The SMILES string of the molecule is CCN(CC)CCNCCCOCCCl. The van der Waals surface area contributed by atoms with E-state index in [-0.39, 0.29) is 0 Å². The third-order valence-electron chi connectivity index (χ3n) is 2.36. The van der Waals surface area contributed by atoms with Crippen LogP contribution in [0.25, 0.3) is 0 Å². The summed E-state index contributed by atoms with van der Waals surface area (Å²) in [7, 11) is 0. The van der Waals surface area contributed by atoms with Gasteiger partial charge in [0.1, 0.15) is 0 Å². The lowest BCUT2D eigenvalue weighted by atomic mass is 10.4. The summed E-state index contributed by atoms with van der Waals surface area (Å²) in [6.07, 6.45) is 1.06. The van der Waals surface area contributed by atoms with E-state index in [4.69, 9.17) is 16.3 Å². The predicted octanol–water partition coefficient (Wildman–Crippen LogP) is 1.56. The molecule has 0 atom stereocenters. The van der Waals surface area contributed by atoms with Crippen molar-refractivity contribution in [1.29, 1.82) is 0 Å². The Labute approximate surface area is 99.1 Å². The Hall–Kier alpha value is 0.170. The molecule has 0 aliphatic carbocycles. The molecule has 0 fully saturated rings. The highest BCUT2D eigenvalue weighted by Gasteiger charge is 1.96. The quantitative estimate of drug-likeness (QED) is 0.435. The molecule has 4 heteroatoms. The van der Waals surface area contributed by atoms with Gasteiger partial charge in [0.05, 0.1) is 6.61 Å². The van der Waals surface area contributed by atoms with Gasteiger partial charge in [0.25, 0.3) is 0 Å². The third-order valence-corrected chi connectivity index (χ3v) is 2.52. The number of hydrogen-bond donors (Lipinski definition) is 1. The zero-order chi connectivity index (χ0) is 11.4. The van der Waals surface area contributed by atoms with Gasteiger partial charge in [-0.1, -0.05) is 13.8 Å². The Morgan fingerprint density at radius 3 is 2.47 bits per heavy atom. The largest absolute Gasteiger partial charge is 0.380 e. The highest BCUT2D eigenvalue weighted by molar-refractivity contribution is 6.17. The van der Waals surface area contributed by atoms with Gasteiger partial charge in [-0.3, -0.25) is 0 Å². The molecule has 0 rings (SSSR count). The lowest BCUT2D eigenvalue weighted by Crippen LogP contribution is -2.32. The highest BCUT2D eigenvalue weighted by atomic mass is 35.5. The second kappa shape index (κ2) is 12.2. The van der Waals surface area contributed by atoms with E-state index in [1.54, 1.807) is 0 Å². The normalized spacial score (nSPS) is 11.2. The van der Waals surface area contributed by atoms with Gasteiger partial charge in [-0.25, -0.2) is 0 Å². The van der Waals surface area contributed by atoms with Gasteiger partial charge in [0.15, 0.2) is 0 Å². The number of hydrogen-bond acceptors (Lipinski definition) is 3. The minimum absolute atomic E-state index is 0.593. The van der Waals surface area contributed by atoms with Gasteiger partial charge in [-0.2, -0.15) is 0 Å². The Kier molecular flexibility index (Phi) is 12.4. The van der Waals surface area contributed by atoms with Crippen molar-refractivity contribution in [3.63, 3.8) is 0 Å².